The molecule has 1 aromatic heterocycles. The summed E-state index contributed by atoms with van der Waals surface area (Å²) in [6.07, 6.45) is 0.163. The van der Waals surface area contributed by atoms with Gasteiger partial charge in [0.2, 0.25) is 5.91 Å². The third kappa shape index (κ3) is 4.33. The number of hydrogen-bond acceptors (Lipinski definition) is 4. The number of carbonyl (C=O) groups excluding carboxylic acids is 1. The molecule has 0 aliphatic heterocycles. The lowest BCUT2D eigenvalue weighted by atomic mass is 9.94. The van der Waals surface area contributed by atoms with Crippen molar-refractivity contribution in [2.75, 3.05) is 4.90 Å². The van der Waals surface area contributed by atoms with E-state index in [4.69, 9.17) is 28.9 Å². The van der Waals surface area contributed by atoms with Crippen LogP contribution in [0.4, 0.5) is 30.0 Å². The zero-order chi connectivity index (χ0) is 27.1. The summed E-state index contributed by atoms with van der Waals surface area (Å²) in [7, 11) is -10.2. The van der Waals surface area contributed by atoms with Gasteiger partial charge in [0.15, 0.2) is 5.69 Å². The molecule has 0 saturated heterocycles. The van der Waals surface area contributed by atoms with Crippen LogP contribution in [0.25, 0.3) is 5.69 Å². The Balaban J connectivity index is 2.07. The number of nitrogens with two attached hydrogens (primary N) is 1. The van der Waals surface area contributed by atoms with Crippen LogP contribution < -0.4 is 10.6 Å². The molecule has 4 rings (SSSR count). The summed E-state index contributed by atoms with van der Waals surface area (Å²) in [4.78, 5) is 23.3. The van der Waals surface area contributed by atoms with Gasteiger partial charge < -0.3 is 10.8 Å². The van der Waals surface area contributed by atoms with Gasteiger partial charge in [-0.1, -0.05) is 42.6 Å². The van der Waals surface area contributed by atoms with Gasteiger partial charge in [0, 0.05) is 11.6 Å². The van der Waals surface area contributed by atoms with E-state index in [1.807, 2.05) is 0 Å². The molecule has 3 N–H and O–H groups in total. The molecule has 8 nitrogen and oxygen atoms in total. The molecule has 2 amide bonds. The number of hydrogen-bond donors (Lipinski definition) is 2. The first-order valence-electron chi connectivity index (χ1n) is 10.4. The minimum atomic E-state index is -10.2. The van der Waals surface area contributed by atoms with Crippen LogP contribution in [0.2, 0.25) is 10.0 Å². The number of carboxylic acid groups (broad SMARTS) is 1. The van der Waals surface area contributed by atoms with Crippen LogP contribution in [0.5, 0.6) is 0 Å². The largest absolute Gasteiger partial charge is 0.465 e. The average molecular weight is 574 g/mol. The number of benzene rings is 1. The number of primary amides is 1. The van der Waals surface area contributed by atoms with Gasteiger partial charge in [0.25, 0.3) is 0 Å². The maximum absolute atomic E-state index is 13.4. The quantitative estimate of drug-likeness (QED) is 0.365. The third-order valence-corrected chi connectivity index (χ3v) is 8.16. The first kappa shape index (κ1) is 26.3. The topological polar surface area (TPSA) is 125 Å². The molecule has 196 valence electrons. The molecule has 1 unspecified atom stereocenters. The molecule has 1 atom stereocenters. The van der Waals surface area contributed by atoms with Gasteiger partial charge in [-0.05, 0) is 50.7 Å². The molecule has 2 aliphatic rings. The summed E-state index contributed by atoms with van der Waals surface area (Å²) < 4.78 is 67.8. The Morgan fingerprint density at radius 1 is 1.25 bits per heavy atom. The van der Waals surface area contributed by atoms with E-state index in [1.54, 1.807) is 13.0 Å². The Morgan fingerprint density at radius 3 is 2.14 bits per heavy atom. The van der Waals surface area contributed by atoms with E-state index in [1.165, 1.54) is 0 Å². The van der Waals surface area contributed by atoms with E-state index >= 15 is 0 Å². The van der Waals surface area contributed by atoms with Crippen molar-refractivity contribution in [3.05, 3.63) is 33.4 Å². The monoisotopic (exact) mass is 573 g/mol. The Hall–Kier alpha value is -2.76. The molecule has 2 aliphatic carbocycles. The van der Waals surface area contributed by atoms with Gasteiger partial charge in [-0.15, -0.1) is 0 Å². The Morgan fingerprint density at radius 2 is 1.78 bits per heavy atom. The fourth-order valence-corrected chi connectivity index (χ4v) is 5.72. The zero-order valence-electron chi connectivity index (χ0n) is 18.3. The molecule has 0 radical (unpaired) electrons. The number of carbonyl (C=O) groups is 2. The summed E-state index contributed by atoms with van der Waals surface area (Å²) >= 11 is 12.0. The number of amides is 2. The normalized spacial score (nSPS) is 19.5. The van der Waals surface area contributed by atoms with Crippen LogP contribution in [0, 0.1) is 17.2 Å². The van der Waals surface area contributed by atoms with Crippen LogP contribution in [0.1, 0.15) is 43.9 Å². The van der Waals surface area contributed by atoms with Crippen molar-refractivity contribution in [2.24, 2.45) is 11.7 Å². The second-order valence-corrected chi connectivity index (χ2v) is 12.2. The highest BCUT2D eigenvalue weighted by molar-refractivity contribution is 8.45. The van der Waals surface area contributed by atoms with Gasteiger partial charge in [-0.25, -0.2) is 9.48 Å². The number of nitrogens with zero attached hydrogens (tertiary/aromatic N) is 4. The Labute approximate surface area is 211 Å². The summed E-state index contributed by atoms with van der Waals surface area (Å²) in [6.45, 7) is 1.57. The first-order chi connectivity index (χ1) is 16.3. The molecule has 1 heterocycles. The molecule has 2 aromatic rings. The van der Waals surface area contributed by atoms with Crippen molar-refractivity contribution in [3.63, 3.8) is 0 Å². The number of rotatable bonds is 7. The average Bonchev–Trinajstić information content (AvgIpc) is 3.63. The number of aromatic nitrogens is 2. The van der Waals surface area contributed by atoms with Crippen LogP contribution in [-0.4, -0.2) is 32.9 Å². The van der Waals surface area contributed by atoms with Crippen LogP contribution in [-0.2, 0) is 10.2 Å². The van der Waals surface area contributed by atoms with Crippen molar-refractivity contribution in [1.29, 1.82) is 5.26 Å². The van der Waals surface area contributed by atoms with Crippen LogP contribution in [0.3, 0.4) is 0 Å². The van der Waals surface area contributed by atoms with E-state index in [9.17, 15) is 39.4 Å². The Bertz CT molecular complexity index is 1340. The van der Waals surface area contributed by atoms with Crippen molar-refractivity contribution >= 4 is 51.2 Å². The third-order valence-electron chi connectivity index (χ3n) is 6.46. The fourth-order valence-electron chi connectivity index (χ4n) is 4.27. The minimum absolute atomic E-state index is 0.0437. The zero-order valence-corrected chi connectivity index (χ0v) is 20.7. The van der Waals surface area contributed by atoms with E-state index in [0.29, 0.717) is 17.5 Å². The number of anilines is 1. The maximum atomic E-state index is 13.4. The predicted octanol–water partition coefficient (Wildman–Crippen LogP) is 6.51. The lowest BCUT2D eigenvalue weighted by Crippen LogP contribution is -2.42. The van der Waals surface area contributed by atoms with Crippen molar-refractivity contribution in [2.45, 2.75) is 49.0 Å². The van der Waals surface area contributed by atoms with E-state index in [0.717, 1.165) is 4.90 Å². The number of nitriles is 1. The lowest BCUT2D eigenvalue weighted by molar-refractivity contribution is -0.120. The first-order valence-corrected chi connectivity index (χ1v) is 13.1. The van der Waals surface area contributed by atoms with Crippen LogP contribution >= 0.6 is 33.4 Å². The molecule has 2 saturated carbocycles. The van der Waals surface area contributed by atoms with Crippen molar-refractivity contribution in [3.8, 4) is 11.8 Å². The second-order valence-electron chi connectivity index (χ2n) is 8.95. The Kier molecular flexibility index (Phi) is 5.40. The predicted molar refractivity (Wildman–Crippen MR) is 122 cm³/mol. The van der Waals surface area contributed by atoms with E-state index < -0.39 is 60.0 Å². The van der Waals surface area contributed by atoms with Gasteiger partial charge in [-0.2, -0.15) is 10.4 Å². The molecule has 0 bridgehead atoms. The van der Waals surface area contributed by atoms with Gasteiger partial charge >= 0.3 is 16.3 Å². The minimum Gasteiger partial charge on any atom is -0.465 e. The summed E-state index contributed by atoms with van der Waals surface area (Å²) in [5.41, 5.74) is 2.97. The van der Waals surface area contributed by atoms with Crippen LogP contribution in [0.15, 0.2) is 17.0 Å². The van der Waals surface area contributed by atoms with Crippen molar-refractivity contribution in [1.82, 2.24) is 9.78 Å². The molecular formula is C20H18Cl2F5N5O3S. The molecule has 0 spiro atoms. The van der Waals surface area contributed by atoms with Gasteiger partial charge in [-0.3, -0.25) is 9.69 Å². The lowest BCUT2D eigenvalue weighted by Gasteiger charge is -2.40. The molecule has 16 heteroatoms. The van der Waals surface area contributed by atoms with E-state index in [2.05, 4.69) is 5.10 Å². The molecule has 1 aromatic carbocycles. The summed E-state index contributed by atoms with van der Waals surface area (Å²) in [5, 5.41) is 22.0. The summed E-state index contributed by atoms with van der Waals surface area (Å²) in [6, 6.07) is 0.950. The fraction of sp³-hybridized carbons (Fsp3) is 0.400. The molecular weight excluding hydrogens is 556 g/mol. The van der Waals surface area contributed by atoms with E-state index in [-0.39, 0.29) is 42.3 Å². The molecule has 36 heavy (non-hydrogen) atoms. The van der Waals surface area contributed by atoms with Gasteiger partial charge in [0.05, 0.1) is 15.5 Å². The van der Waals surface area contributed by atoms with Crippen molar-refractivity contribution < 1.29 is 34.1 Å². The SMILES string of the molecule is CC(C1CC1)N(C(=O)O)c1c(C2(C(N)=O)CC2)c(C#N)nn1-c1c(Cl)cc(S(F)(F)(F)(F)F)cc1Cl. The summed E-state index contributed by atoms with van der Waals surface area (Å²) in [5.74, 6) is -1.32. The second kappa shape index (κ2) is 7.39. The highest BCUT2D eigenvalue weighted by Gasteiger charge is 2.66. The smallest absolute Gasteiger partial charge is 0.413 e. The molecule has 2 fully saturated rings. The highest BCUT2D eigenvalue weighted by Crippen LogP contribution is 3.02. The standard InChI is InChI=1S/C20H18Cl2F5N5O3S/c1-9(10-2-3-10)31(19(34)35)17-15(20(4-5-20)18(29)33)14(8-28)30-32(17)16-12(21)6-11(7-13(16)22)36(23,24,25,26)27/h6-7,9-10H,2-5H2,1H3,(H2,29,33)(H,34,35). The maximum Gasteiger partial charge on any atom is 0.413 e. The van der Waals surface area contributed by atoms with Gasteiger partial charge in [0.1, 0.15) is 22.5 Å². The number of halogens is 7. The highest BCUT2D eigenvalue weighted by atomic mass is 35.5.